The molecule has 66 valence electrons. The normalized spacial score (nSPS) is 24.5. The number of aliphatic carboxylic acids is 1. The van der Waals surface area contributed by atoms with Gasteiger partial charge in [-0.2, -0.15) is 0 Å². The quantitative estimate of drug-likeness (QED) is 0.511. The minimum Gasteiger partial charge on any atom is -0.479 e. The van der Waals surface area contributed by atoms with Crippen LogP contribution in [0.15, 0.2) is 0 Å². The Kier molecular flexibility index (Phi) is 2.42. The van der Waals surface area contributed by atoms with Crippen LogP contribution >= 0.6 is 0 Å². The molecule has 0 radical (unpaired) electrons. The van der Waals surface area contributed by atoms with Crippen LogP contribution in [0, 0.1) is 0 Å². The van der Waals surface area contributed by atoms with Crippen molar-refractivity contribution in [1.29, 1.82) is 0 Å². The fourth-order valence-electron chi connectivity index (χ4n) is 1.08. The van der Waals surface area contributed by atoms with Crippen molar-refractivity contribution in [2.45, 2.75) is 25.3 Å². The SMILES string of the molecule is O=C1CCCC(=O)[C@@H](C(=O)O)N1. The number of carboxylic acid groups (broad SMARTS) is 1. The van der Waals surface area contributed by atoms with Gasteiger partial charge in [0.05, 0.1) is 0 Å². The van der Waals surface area contributed by atoms with Crippen molar-refractivity contribution in [2.75, 3.05) is 0 Å². The first kappa shape index (κ1) is 8.70. The van der Waals surface area contributed by atoms with E-state index in [0.29, 0.717) is 6.42 Å². The van der Waals surface area contributed by atoms with E-state index in [0.717, 1.165) is 0 Å². The number of carbonyl (C=O) groups is 3. The van der Waals surface area contributed by atoms with Gasteiger partial charge in [-0.05, 0) is 6.42 Å². The minimum atomic E-state index is -1.33. The fraction of sp³-hybridized carbons (Fsp3) is 0.571. The molecule has 1 aliphatic rings. The number of nitrogens with one attached hydrogen (secondary N) is 1. The van der Waals surface area contributed by atoms with Gasteiger partial charge in [0.1, 0.15) is 0 Å². The maximum atomic E-state index is 11.0. The molecule has 1 atom stereocenters. The molecular weight excluding hydrogens is 162 g/mol. The lowest BCUT2D eigenvalue weighted by atomic mass is 10.1. The van der Waals surface area contributed by atoms with Crippen LogP contribution < -0.4 is 5.32 Å². The molecular formula is C7H9NO4. The molecule has 0 aliphatic carbocycles. The topological polar surface area (TPSA) is 83.5 Å². The lowest BCUT2D eigenvalue weighted by Crippen LogP contribution is -2.44. The molecule has 0 spiro atoms. The highest BCUT2D eigenvalue weighted by atomic mass is 16.4. The van der Waals surface area contributed by atoms with Crippen LogP contribution in [-0.4, -0.2) is 28.8 Å². The van der Waals surface area contributed by atoms with Crippen LogP contribution in [0.1, 0.15) is 19.3 Å². The van der Waals surface area contributed by atoms with Crippen LogP contribution in [0.4, 0.5) is 0 Å². The molecule has 1 aliphatic heterocycles. The van der Waals surface area contributed by atoms with E-state index in [2.05, 4.69) is 5.32 Å². The molecule has 1 rings (SSSR count). The van der Waals surface area contributed by atoms with Gasteiger partial charge in [-0.15, -0.1) is 0 Å². The Labute approximate surface area is 68.8 Å². The molecule has 1 fully saturated rings. The molecule has 1 saturated heterocycles. The average molecular weight is 171 g/mol. The van der Waals surface area contributed by atoms with Crippen LogP contribution in [0.2, 0.25) is 0 Å². The van der Waals surface area contributed by atoms with Crippen molar-refractivity contribution in [2.24, 2.45) is 0 Å². The Morgan fingerprint density at radius 3 is 2.67 bits per heavy atom. The predicted molar refractivity (Wildman–Crippen MR) is 38.4 cm³/mol. The predicted octanol–water partition coefficient (Wildman–Crippen LogP) is -0.691. The molecule has 2 N–H and O–H groups in total. The maximum Gasteiger partial charge on any atom is 0.334 e. The van der Waals surface area contributed by atoms with E-state index in [1.165, 1.54) is 0 Å². The molecule has 0 aromatic heterocycles. The third kappa shape index (κ3) is 1.81. The molecule has 1 heterocycles. The Bertz CT molecular complexity index is 236. The van der Waals surface area contributed by atoms with Crippen LogP contribution in [0.3, 0.4) is 0 Å². The van der Waals surface area contributed by atoms with Crippen molar-refractivity contribution >= 4 is 17.7 Å². The van der Waals surface area contributed by atoms with Gasteiger partial charge in [0.15, 0.2) is 11.8 Å². The lowest BCUT2D eigenvalue weighted by Gasteiger charge is -2.07. The summed E-state index contributed by atoms with van der Waals surface area (Å²) in [6.07, 6.45) is 0.833. The summed E-state index contributed by atoms with van der Waals surface area (Å²) >= 11 is 0. The number of amides is 1. The number of carbonyl (C=O) groups excluding carboxylic acids is 2. The fourth-order valence-corrected chi connectivity index (χ4v) is 1.08. The van der Waals surface area contributed by atoms with Gasteiger partial charge in [0, 0.05) is 12.8 Å². The first-order chi connectivity index (χ1) is 5.61. The third-order valence-corrected chi connectivity index (χ3v) is 1.70. The monoisotopic (exact) mass is 171 g/mol. The smallest absolute Gasteiger partial charge is 0.334 e. The van der Waals surface area contributed by atoms with Crippen molar-refractivity contribution in [3.63, 3.8) is 0 Å². The van der Waals surface area contributed by atoms with E-state index >= 15 is 0 Å². The number of rotatable bonds is 1. The van der Waals surface area contributed by atoms with Gasteiger partial charge in [0.2, 0.25) is 5.91 Å². The van der Waals surface area contributed by atoms with E-state index in [9.17, 15) is 14.4 Å². The van der Waals surface area contributed by atoms with Gasteiger partial charge >= 0.3 is 5.97 Å². The highest BCUT2D eigenvalue weighted by molar-refractivity contribution is 6.05. The second-order valence-electron chi connectivity index (χ2n) is 2.66. The van der Waals surface area contributed by atoms with E-state index in [-0.39, 0.29) is 18.7 Å². The Balaban J connectivity index is 2.74. The Morgan fingerprint density at radius 2 is 2.08 bits per heavy atom. The average Bonchev–Trinajstić information content (AvgIpc) is 2.13. The second kappa shape index (κ2) is 3.34. The van der Waals surface area contributed by atoms with E-state index in [1.807, 2.05) is 0 Å². The van der Waals surface area contributed by atoms with Crippen molar-refractivity contribution in [3.05, 3.63) is 0 Å². The summed E-state index contributed by atoms with van der Waals surface area (Å²) in [6, 6.07) is -1.33. The van der Waals surface area contributed by atoms with Crippen molar-refractivity contribution in [3.8, 4) is 0 Å². The minimum absolute atomic E-state index is 0.162. The van der Waals surface area contributed by atoms with E-state index in [4.69, 9.17) is 5.11 Å². The number of carboxylic acids is 1. The van der Waals surface area contributed by atoms with Gasteiger partial charge in [-0.25, -0.2) is 4.79 Å². The Hall–Kier alpha value is -1.39. The molecule has 5 heteroatoms. The van der Waals surface area contributed by atoms with Crippen molar-refractivity contribution in [1.82, 2.24) is 5.32 Å². The largest absolute Gasteiger partial charge is 0.479 e. The highest BCUT2D eigenvalue weighted by Crippen LogP contribution is 2.05. The summed E-state index contributed by atoms with van der Waals surface area (Å²) < 4.78 is 0. The molecule has 0 bridgehead atoms. The van der Waals surface area contributed by atoms with Gasteiger partial charge < -0.3 is 10.4 Å². The number of hydrogen-bond donors (Lipinski definition) is 2. The molecule has 0 aromatic carbocycles. The first-order valence-corrected chi connectivity index (χ1v) is 3.66. The summed E-state index contributed by atoms with van der Waals surface area (Å²) in [5, 5.41) is 10.7. The van der Waals surface area contributed by atoms with Gasteiger partial charge in [-0.1, -0.05) is 0 Å². The van der Waals surface area contributed by atoms with Gasteiger partial charge in [0.25, 0.3) is 0 Å². The molecule has 12 heavy (non-hydrogen) atoms. The number of Topliss-reactive ketones (excluding diaryl/α,β-unsaturated/α-hetero) is 1. The zero-order valence-corrected chi connectivity index (χ0v) is 6.37. The van der Waals surface area contributed by atoms with Gasteiger partial charge in [-0.3, -0.25) is 9.59 Å². The van der Waals surface area contributed by atoms with Crippen LogP contribution in [0.5, 0.6) is 0 Å². The maximum absolute atomic E-state index is 11.0. The molecule has 5 nitrogen and oxygen atoms in total. The summed E-state index contributed by atoms with van der Waals surface area (Å²) in [5.41, 5.74) is 0. The molecule has 1 amide bonds. The molecule has 0 aromatic rings. The molecule has 0 saturated carbocycles. The number of ketones is 1. The molecule has 0 unspecified atom stereocenters. The van der Waals surface area contributed by atoms with E-state index < -0.39 is 17.8 Å². The standard InChI is InChI=1S/C7H9NO4/c9-4-2-1-3-5(10)8-6(4)7(11)12/h6H,1-3H2,(H,8,10)(H,11,12)/t6-/m0/s1. The van der Waals surface area contributed by atoms with Crippen LogP contribution in [0.25, 0.3) is 0 Å². The van der Waals surface area contributed by atoms with Crippen molar-refractivity contribution < 1.29 is 19.5 Å². The van der Waals surface area contributed by atoms with Crippen LogP contribution in [-0.2, 0) is 14.4 Å². The highest BCUT2D eigenvalue weighted by Gasteiger charge is 2.29. The lowest BCUT2D eigenvalue weighted by molar-refractivity contribution is -0.145. The summed E-state index contributed by atoms with van der Waals surface area (Å²) in [6.45, 7) is 0. The number of hydrogen-bond acceptors (Lipinski definition) is 3. The summed E-state index contributed by atoms with van der Waals surface area (Å²) in [7, 11) is 0. The zero-order valence-electron chi connectivity index (χ0n) is 6.37. The third-order valence-electron chi connectivity index (χ3n) is 1.70. The zero-order chi connectivity index (χ0) is 9.14. The first-order valence-electron chi connectivity index (χ1n) is 3.66. The summed E-state index contributed by atoms with van der Waals surface area (Å²) in [4.78, 5) is 32.3. The summed E-state index contributed by atoms with van der Waals surface area (Å²) in [5.74, 6) is -2.07. The second-order valence-corrected chi connectivity index (χ2v) is 2.66. The van der Waals surface area contributed by atoms with E-state index in [1.54, 1.807) is 0 Å². The Morgan fingerprint density at radius 1 is 1.42 bits per heavy atom.